The Balaban J connectivity index is 1.62. The molecule has 7 nitrogen and oxygen atoms in total. The van der Waals surface area contributed by atoms with E-state index in [1.165, 1.54) is 17.0 Å². The van der Waals surface area contributed by atoms with Crippen LogP contribution in [0.15, 0.2) is 89.8 Å². The fraction of sp³-hybridized carbons (Fsp3) is 0.333. The first kappa shape index (κ1) is 28.6. The number of carbonyl (C=O) groups is 2. The Morgan fingerprint density at radius 3 is 2.13 bits per heavy atom. The van der Waals surface area contributed by atoms with Gasteiger partial charge in [-0.3, -0.25) is 13.9 Å². The largest absolute Gasteiger partial charge is 0.352 e. The number of amides is 2. The SMILES string of the molecule is C[C@@H](C(=O)NC1CCCC1)N(CCc1ccccc1)C(=O)CN(c1ccc(Cl)cc1)S(=O)(=O)c1ccccc1. The molecule has 0 radical (unpaired) electrons. The Labute approximate surface area is 235 Å². The molecule has 1 aliphatic carbocycles. The number of hydrogen-bond acceptors (Lipinski definition) is 4. The minimum atomic E-state index is -4.09. The Morgan fingerprint density at radius 2 is 1.51 bits per heavy atom. The highest BCUT2D eigenvalue weighted by molar-refractivity contribution is 7.92. The molecule has 0 unspecified atom stereocenters. The van der Waals surface area contributed by atoms with Crippen LogP contribution in [-0.2, 0) is 26.0 Å². The minimum Gasteiger partial charge on any atom is -0.352 e. The molecule has 0 bridgehead atoms. The number of rotatable bonds is 11. The summed E-state index contributed by atoms with van der Waals surface area (Å²) in [5.74, 6) is -0.693. The number of sulfonamides is 1. The third kappa shape index (κ3) is 7.40. The van der Waals surface area contributed by atoms with Crippen molar-refractivity contribution in [3.05, 3.63) is 95.5 Å². The second-order valence-corrected chi connectivity index (χ2v) is 12.1. The number of hydrogen-bond donors (Lipinski definition) is 1. The number of halogens is 1. The molecule has 9 heteroatoms. The first-order valence-electron chi connectivity index (χ1n) is 13.2. The molecule has 1 saturated carbocycles. The van der Waals surface area contributed by atoms with Crippen LogP contribution in [0.2, 0.25) is 5.02 Å². The highest BCUT2D eigenvalue weighted by atomic mass is 35.5. The van der Waals surface area contributed by atoms with Crippen LogP contribution >= 0.6 is 11.6 Å². The molecule has 1 aliphatic rings. The van der Waals surface area contributed by atoms with E-state index in [-0.39, 0.29) is 23.4 Å². The number of carbonyl (C=O) groups excluding carboxylic acids is 2. The summed E-state index contributed by atoms with van der Waals surface area (Å²) in [5, 5.41) is 3.53. The highest BCUT2D eigenvalue weighted by Gasteiger charge is 2.33. The van der Waals surface area contributed by atoms with Gasteiger partial charge in [-0.25, -0.2) is 8.42 Å². The van der Waals surface area contributed by atoms with Gasteiger partial charge in [0.25, 0.3) is 10.0 Å². The van der Waals surface area contributed by atoms with Crippen LogP contribution in [-0.4, -0.2) is 50.3 Å². The van der Waals surface area contributed by atoms with Gasteiger partial charge in [-0.2, -0.15) is 0 Å². The summed E-state index contributed by atoms with van der Waals surface area (Å²) in [6.45, 7) is 1.50. The third-order valence-electron chi connectivity index (χ3n) is 7.08. The van der Waals surface area contributed by atoms with Crippen LogP contribution in [0.1, 0.15) is 38.2 Å². The van der Waals surface area contributed by atoms with Gasteiger partial charge in [-0.15, -0.1) is 0 Å². The topological polar surface area (TPSA) is 86.8 Å². The van der Waals surface area contributed by atoms with Gasteiger partial charge in [0.1, 0.15) is 12.6 Å². The van der Waals surface area contributed by atoms with Crippen molar-refractivity contribution in [1.82, 2.24) is 10.2 Å². The van der Waals surface area contributed by atoms with Crippen molar-refractivity contribution >= 4 is 39.1 Å². The Hall–Kier alpha value is -3.36. The molecular formula is C30H34ClN3O4S. The molecule has 2 amide bonds. The zero-order chi connectivity index (χ0) is 27.8. The molecule has 1 atom stereocenters. The maximum atomic E-state index is 13.9. The summed E-state index contributed by atoms with van der Waals surface area (Å²) < 4.78 is 28.5. The zero-order valence-electron chi connectivity index (χ0n) is 22.0. The van der Waals surface area contributed by atoms with E-state index in [1.807, 2.05) is 30.3 Å². The van der Waals surface area contributed by atoms with Gasteiger partial charge < -0.3 is 10.2 Å². The molecule has 3 aromatic rings. The lowest BCUT2D eigenvalue weighted by atomic mass is 10.1. The van der Waals surface area contributed by atoms with Crippen molar-refractivity contribution < 1.29 is 18.0 Å². The fourth-order valence-corrected chi connectivity index (χ4v) is 6.38. The highest BCUT2D eigenvalue weighted by Crippen LogP contribution is 2.26. The molecule has 39 heavy (non-hydrogen) atoms. The van der Waals surface area contributed by atoms with Crippen molar-refractivity contribution in [3.63, 3.8) is 0 Å². The molecule has 0 aromatic heterocycles. The molecule has 1 N–H and O–H groups in total. The van der Waals surface area contributed by atoms with Crippen LogP contribution in [0, 0.1) is 0 Å². The van der Waals surface area contributed by atoms with Crippen LogP contribution in [0.25, 0.3) is 0 Å². The number of nitrogens with zero attached hydrogens (tertiary/aromatic N) is 2. The van der Waals surface area contributed by atoms with Gasteiger partial charge in [0.2, 0.25) is 11.8 Å². The predicted octanol–water partition coefficient (Wildman–Crippen LogP) is 5.05. The van der Waals surface area contributed by atoms with Crippen molar-refractivity contribution in [2.75, 3.05) is 17.4 Å². The molecule has 0 spiro atoms. The summed E-state index contributed by atoms with van der Waals surface area (Å²) in [6, 6.07) is 23.3. The summed E-state index contributed by atoms with van der Waals surface area (Å²) in [6.07, 6.45) is 4.53. The van der Waals surface area contributed by atoms with E-state index in [0.29, 0.717) is 17.1 Å². The first-order valence-corrected chi connectivity index (χ1v) is 15.0. The lowest BCUT2D eigenvalue weighted by Crippen LogP contribution is -2.53. The van der Waals surface area contributed by atoms with Gasteiger partial charge in [0.15, 0.2) is 0 Å². The summed E-state index contributed by atoms with van der Waals surface area (Å²) in [5.41, 5.74) is 1.33. The first-order chi connectivity index (χ1) is 18.8. The monoisotopic (exact) mass is 567 g/mol. The van der Waals surface area contributed by atoms with Crippen molar-refractivity contribution in [3.8, 4) is 0 Å². The average Bonchev–Trinajstić information content (AvgIpc) is 3.46. The van der Waals surface area contributed by atoms with Crippen LogP contribution in [0.5, 0.6) is 0 Å². The molecule has 0 heterocycles. The predicted molar refractivity (Wildman–Crippen MR) is 154 cm³/mol. The van der Waals surface area contributed by atoms with Gasteiger partial charge in [-0.05, 0) is 68.1 Å². The maximum Gasteiger partial charge on any atom is 0.264 e. The van der Waals surface area contributed by atoms with Crippen molar-refractivity contribution in [2.45, 2.75) is 56.0 Å². The number of benzene rings is 3. The molecule has 1 fully saturated rings. The normalized spacial score (nSPS) is 14.5. The van der Waals surface area contributed by atoms with E-state index in [4.69, 9.17) is 11.6 Å². The zero-order valence-corrected chi connectivity index (χ0v) is 23.6. The Morgan fingerprint density at radius 1 is 0.923 bits per heavy atom. The van der Waals surface area contributed by atoms with Crippen LogP contribution in [0.3, 0.4) is 0 Å². The average molecular weight is 568 g/mol. The second kappa shape index (κ2) is 13.1. The molecule has 4 rings (SSSR count). The minimum absolute atomic E-state index is 0.0654. The Bertz CT molecular complexity index is 1350. The summed E-state index contributed by atoms with van der Waals surface area (Å²) in [7, 11) is -4.09. The third-order valence-corrected chi connectivity index (χ3v) is 9.12. The van der Waals surface area contributed by atoms with Crippen molar-refractivity contribution in [1.29, 1.82) is 0 Å². The summed E-state index contributed by atoms with van der Waals surface area (Å²) >= 11 is 6.06. The van der Waals surface area contributed by atoms with E-state index in [0.717, 1.165) is 35.6 Å². The van der Waals surface area contributed by atoms with Crippen LogP contribution < -0.4 is 9.62 Å². The summed E-state index contributed by atoms with van der Waals surface area (Å²) in [4.78, 5) is 28.7. The Kier molecular flexibility index (Phi) is 9.64. The van der Waals surface area contributed by atoms with E-state index < -0.39 is 28.5 Å². The van der Waals surface area contributed by atoms with E-state index in [2.05, 4.69) is 5.32 Å². The maximum absolute atomic E-state index is 13.9. The van der Waals surface area contributed by atoms with Crippen LogP contribution in [0.4, 0.5) is 5.69 Å². The van der Waals surface area contributed by atoms with E-state index in [1.54, 1.807) is 49.4 Å². The van der Waals surface area contributed by atoms with Gasteiger partial charge >= 0.3 is 0 Å². The van der Waals surface area contributed by atoms with Crippen molar-refractivity contribution in [2.24, 2.45) is 0 Å². The molecule has 0 aliphatic heterocycles. The number of anilines is 1. The lowest BCUT2D eigenvalue weighted by molar-refractivity contribution is -0.139. The molecular weight excluding hydrogens is 534 g/mol. The molecule has 3 aromatic carbocycles. The fourth-order valence-electron chi connectivity index (χ4n) is 4.82. The molecule has 206 valence electrons. The van der Waals surface area contributed by atoms with Gasteiger partial charge in [0, 0.05) is 17.6 Å². The quantitative estimate of drug-likeness (QED) is 0.351. The second-order valence-electron chi connectivity index (χ2n) is 9.79. The van der Waals surface area contributed by atoms with Gasteiger partial charge in [0.05, 0.1) is 10.6 Å². The molecule has 0 saturated heterocycles. The number of nitrogens with one attached hydrogen (secondary N) is 1. The standard InChI is InChI=1S/C30H34ClN3O4S/c1-23(30(36)32-26-12-8-9-13-26)33(21-20-24-10-4-2-5-11-24)29(35)22-34(27-18-16-25(31)17-19-27)39(37,38)28-14-6-3-7-15-28/h2-7,10-11,14-19,23,26H,8-9,12-13,20-22H2,1H3,(H,32,36)/t23-/m0/s1. The smallest absolute Gasteiger partial charge is 0.264 e. The van der Waals surface area contributed by atoms with E-state index in [9.17, 15) is 18.0 Å². The van der Waals surface area contributed by atoms with Gasteiger partial charge in [-0.1, -0.05) is 73.0 Å². The lowest BCUT2D eigenvalue weighted by Gasteiger charge is -2.32. The van der Waals surface area contributed by atoms with E-state index >= 15 is 0 Å².